The van der Waals surface area contributed by atoms with Crippen LogP contribution in [0.3, 0.4) is 0 Å². The van der Waals surface area contributed by atoms with Crippen LogP contribution in [0.5, 0.6) is 5.75 Å². The zero-order chi connectivity index (χ0) is 13.0. The van der Waals surface area contributed by atoms with Gasteiger partial charge in [-0.25, -0.2) is 0 Å². The molecule has 0 aliphatic rings. The van der Waals surface area contributed by atoms with Crippen molar-refractivity contribution in [2.75, 3.05) is 0 Å². The molecule has 4 heteroatoms. The fraction of sp³-hybridized carbons (Fsp3) is 0.143. The van der Waals surface area contributed by atoms with Crippen LogP contribution in [0.25, 0.3) is 0 Å². The molecule has 0 unspecified atom stereocenters. The summed E-state index contributed by atoms with van der Waals surface area (Å²) in [5, 5.41) is 9.73. The summed E-state index contributed by atoms with van der Waals surface area (Å²) in [6.07, 6.45) is 0. The summed E-state index contributed by atoms with van der Waals surface area (Å²) in [5.74, 6) is 0.752. The fourth-order valence-corrected chi connectivity index (χ4v) is 2.17. The number of ether oxygens (including phenoxy) is 1. The van der Waals surface area contributed by atoms with Gasteiger partial charge in [0.15, 0.2) is 0 Å². The molecular formula is C14H12BrClO2. The van der Waals surface area contributed by atoms with Crippen LogP contribution >= 0.6 is 27.5 Å². The number of aliphatic hydroxyl groups is 1. The van der Waals surface area contributed by atoms with Crippen LogP contribution in [-0.2, 0) is 13.2 Å². The summed E-state index contributed by atoms with van der Waals surface area (Å²) in [6.45, 7) is 0.504. The van der Waals surface area contributed by atoms with Crippen molar-refractivity contribution in [1.29, 1.82) is 0 Å². The van der Waals surface area contributed by atoms with Crippen molar-refractivity contribution in [3.05, 3.63) is 63.1 Å². The number of rotatable bonds is 4. The predicted molar refractivity (Wildman–Crippen MR) is 75.8 cm³/mol. The Morgan fingerprint density at radius 1 is 1.06 bits per heavy atom. The molecule has 18 heavy (non-hydrogen) atoms. The zero-order valence-electron chi connectivity index (χ0n) is 9.57. The molecule has 1 N–H and O–H groups in total. The van der Waals surface area contributed by atoms with E-state index in [1.54, 1.807) is 0 Å². The third-order valence-corrected chi connectivity index (χ3v) is 3.36. The second-order valence-corrected chi connectivity index (χ2v) is 5.13. The molecule has 0 aliphatic carbocycles. The average Bonchev–Trinajstić information content (AvgIpc) is 2.39. The Morgan fingerprint density at radius 3 is 2.33 bits per heavy atom. The van der Waals surface area contributed by atoms with Crippen LogP contribution in [0, 0.1) is 0 Å². The van der Waals surface area contributed by atoms with E-state index >= 15 is 0 Å². The summed E-state index contributed by atoms with van der Waals surface area (Å²) < 4.78 is 6.53. The molecule has 0 amide bonds. The lowest BCUT2D eigenvalue weighted by Crippen LogP contribution is -1.96. The van der Waals surface area contributed by atoms with Crippen LogP contribution in [0.2, 0.25) is 5.02 Å². The van der Waals surface area contributed by atoms with Gasteiger partial charge in [0.1, 0.15) is 12.4 Å². The molecule has 2 aromatic carbocycles. The molecule has 0 fully saturated rings. The largest absolute Gasteiger partial charge is 0.488 e. The van der Waals surface area contributed by atoms with Crippen LogP contribution in [0.15, 0.2) is 46.9 Å². The predicted octanol–water partition coefficient (Wildman–Crippen LogP) is 4.17. The van der Waals surface area contributed by atoms with E-state index in [9.17, 15) is 0 Å². The topological polar surface area (TPSA) is 29.5 Å². The van der Waals surface area contributed by atoms with Gasteiger partial charge < -0.3 is 9.84 Å². The molecule has 0 spiro atoms. The van der Waals surface area contributed by atoms with Gasteiger partial charge in [-0.05, 0) is 51.3 Å². The maximum absolute atomic E-state index is 9.01. The molecule has 2 rings (SSSR count). The maximum atomic E-state index is 9.01. The zero-order valence-corrected chi connectivity index (χ0v) is 11.9. The van der Waals surface area contributed by atoms with E-state index in [0.717, 1.165) is 21.3 Å². The lowest BCUT2D eigenvalue weighted by molar-refractivity contribution is 0.280. The Kier molecular flexibility index (Phi) is 4.64. The Hall–Kier alpha value is -1.03. The van der Waals surface area contributed by atoms with Gasteiger partial charge in [-0.2, -0.15) is 0 Å². The second-order valence-electron chi connectivity index (χ2n) is 3.84. The van der Waals surface area contributed by atoms with Gasteiger partial charge in [0, 0.05) is 5.02 Å². The molecule has 0 aromatic heterocycles. The monoisotopic (exact) mass is 326 g/mol. The summed E-state index contributed by atoms with van der Waals surface area (Å²) in [6, 6.07) is 13.1. The molecule has 94 valence electrons. The molecule has 2 nitrogen and oxygen atoms in total. The van der Waals surface area contributed by atoms with Gasteiger partial charge in [-0.3, -0.25) is 0 Å². The van der Waals surface area contributed by atoms with E-state index in [-0.39, 0.29) is 6.61 Å². The minimum atomic E-state index is 0.0239. The third kappa shape index (κ3) is 3.48. The first-order chi connectivity index (χ1) is 8.69. The SMILES string of the molecule is OCc1ccc(OCc2ccc(Cl)cc2)c(Br)c1. The molecule has 2 aromatic rings. The first kappa shape index (κ1) is 13.4. The third-order valence-electron chi connectivity index (χ3n) is 2.49. The molecule has 0 heterocycles. The van der Waals surface area contributed by atoms with E-state index in [2.05, 4.69) is 15.9 Å². The number of hydrogen-bond donors (Lipinski definition) is 1. The Balaban J connectivity index is 2.04. The van der Waals surface area contributed by atoms with E-state index in [4.69, 9.17) is 21.4 Å². The van der Waals surface area contributed by atoms with Gasteiger partial charge in [-0.15, -0.1) is 0 Å². The van der Waals surface area contributed by atoms with E-state index in [1.165, 1.54) is 0 Å². The van der Waals surface area contributed by atoms with Gasteiger partial charge in [0.25, 0.3) is 0 Å². The minimum absolute atomic E-state index is 0.0239. The van der Waals surface area contributed by atoms with Crippen molar-refractivity contribution in [2.24, 2.45) is 0 Å². The highest BCUT2D eigenvalue weighted by atomic mass is 79.9. The molecule has 0 saturated carbocycles. The molecule has 0 radical (unpaired) electrons. The van der Waals surface area contributed by atoms with Crippen LogP contribution in [-0.4, -0.2) is 5.11 Å². The van der Waals surface area contributed by atoms with E-state index in [1.807, 2.05) is 42.5 Å². The molecular weight excluding hydrogens is 316 g/mol. The lowest BCUT2D eigenvalue weighted by atomic mass is 10.2. The summed E-state index contributed by atoms with van der Waals surface area (Å²) >= 11 is 9.23. The Labute approximate surface area is 119 Å². The summed E-state index contributed by atoms with van der Waals surface area (Å²) in [5.41, 5.74) is 1.90. The van der Waals surface area contributed by atoms with Crippen LogP contribution in [0.1, 0.15) is 11.1 Å². The van der Waals surface area contributed by atoms with Gasteiger partial charge in [-0.1, -0.05) is 29.8 Å². The molecule has 0 saturated heterocycles. The highest BCUT2D eigenvalue weighted by Crippen LogP contribution is 2.27. The van der Waals surface area contributed by atoms with Gasteiger partial charge in [0.05, 0.1) is 11.1 Å². The van der Waals surface area contributed by atoms with Gasteiger partial charge >= 0.3 is 0 Å². The Bertz CT molecular complexity index is 526. The van der Waals surface area contributed by atoms with Crippen molar-refractivity contribution < 1.29 is 9.84 Å². The first-order valence-electron chi connectivity index (χ1n) is 5.45. The van der Waals surface area contributed by atoms with E-state index in [0.29, 0.717) is 11.6 Å². The molecule has 0 aliphatic heterocycles. The first-order valence-corrected chi connectivity index (χ1v) is 6.62. The number of halogens is 2. The Morgan fingerprint density at radius 2 is 1.72 bits per heavy atom. The van der Waals surface area contributed by atoms with Crippen molar-refractivity contribution in [1.82, 2.24) is 0 Å². The average molecular weight is 328 g/mol. The van der Waals surface area contributed by atoms with Crippen molar-refractivity contribution in [3.63, 3.8) is 0 Å². The fourth-order valence-electron chi connectivity index (χ4n) is 1.50. The second kappa shape index (κ2) is 6.23. The quantitative estimate of drug-likeness (QED) is 0.913. The standard InChI is InChI=1S/C14H12BrClO2/c15-13-7-11(8-17)3-6-14(13)18-9-10-1-4-12(16)5-2-10/h1-7,17H,8-9H2. The van der Waals surface area contributed by atoms with Crippen LogP contribution in [0.4, 0.5) is 0 Å². The van der Waals surface area contributed by atoms with Crippen molar-refractivity contribution >= 4 is 27.5 Å². The van der Waals surface area contributed by atoms with Gasteiger partial charge in [0.2, 0.25) is 0 Å². The van der Waals surface area contributed by atoms with Crippen molar-refractivity contribution in [2.45, 2.75) is 13.2 Å². The van der Waals surface area contributed by atoms with Crippen molar-refractivity contribution in [3.8, 4) is 5.75 Å². The normalized spacial score (nSPS) is 10.4. The molecule has 0 bridgehead atoms. The molecule has 0 atom stereocenters. The smallest absolute Gasteiger partial charge is 0.134 e. The summed E-state index contributed by atoms with van der Waals surface area (Å²) in [4.78, 5) is 0. The summed E-state index contributed by atoms with van der Waals surface area (Å²) in [7, 11) is 0. The number of aliphatic hydroxyl groups excluding tert-OH is 1. The number of hydrogen-bond acceptors (Lipinski definition) is 2. The highest BCUT2D eigenvalue weighted by Gasteiger charge is 2.03. The number of benzene rings is 2. The minimum Gasteiger partial charge on any atom is -0.488 e. The highest BCUT2D eigenvalue weighted by molar-refractivity contribution is 9.10. The van der Waals surface area contributed by atoms with Crippen LogP contribution < -0.4 is 4.74 Å². The van der Waals surface area contributed by atoms with E-state index < -0.39 is 0 Å². The maximum Gasteiger partial charge on any atom is 0.134 e. The lowest BCUT2D eigenvalue weighted by Gasteiger charge is -2.09.